The van der Waals surface area contributed by atoms with Gasteiger partial charge in [0.1, 0.15) is 23.0 Å². The van der Waals surface area contributed by atoms with Crippen LogP contribution in [0.4, 0.5) is 11.4 Å². The topological polar surface area (TPSA) is 59.1 Å². The number of rotatable bonds is 6. The number of nitrogens with zero attached hydrogens (tertiary/aromatic N) is 2. The summed E-state index contributed by atoms with van der Waals surface area (Å²) in [7, 11) is 0. The molecule has 0 radical (unpaired) electrons. The fraction of sp³-hybridized carbons (Fsp3) is 0.344. The van der Waals surface area contributed by atoms with Crippen molar-refractivity contribution >= 4 is 66.3 Å². The van der Waals surface area contributed by atoms with Gasteiger partial charge in [-0.05, 0) is 128 Å². The van der Waals surface area contributed by atoms with Crippen LogP contribution in [0.3, 0.4) is 0 Å². The standard InChI is InChI=1S/C61H64N2O4/c1-58(2,3)36-19-24-39(25-20-36)66-49-34-44-52-45(57(65)63(56(44)64)48-33-38(60(7,8)9)23-29-46(48)61(10,11)12)35-50(67-40-26-21-37(22-27-40)59(4,5)6)54-43-28-30-47(62-31-14-13-15-32-62)41-17-16-18-42(51(41)43)53(49)55(52)54/h16-30,33-35H,13-15,31-32H2,1-12H3. The number of hydrogen-bond acceptors (Lipinski definition) is 5. The van der Waals surface area contributed by atoms with Crippen molar-refractivity contribution in [3.05, 3.63) is 143 Å². The first kappa shape index (κ1) is 44.4. The molecule has 0 spiro atoms. The van der Waals surface area contributed by atoms with Crippen molar-refractivity contribution in [2.24, 2.45) is 0 Å². The molecule has 1 fully saturated rings. The molecule has 0 atom stereocenters. The van der Waals surface area contributed by atoms with Crippen LogP contribution in [-0.2, 0) is 21.7 Å². The van der Waals surface area contributed by atoms with Crippen LogP contribution in [0, 0.1) is 0 Å². The molecule has 0 N–H and O–H groups in total. The summed E-state index contributed by atoms with van der Waals surface area (Å²) in [4.78, 5) is 35.3. The second-order valence-electron chi connectivity index (χ2n) is 23.2. The molecule has 8 aromatic carbocycles. The highest BCUT2D eigenvalue weighted by molar-refractivity contribution is 6.44. The van der Waals surface area contributed by atoms with E-state index in [2.05, 4.69) is 155 Å². The summed E-state index contributed by atoms with van der Waals surface area (Å²) in [5.74, 6) is 1.66. The summed E-state index contributed by atoms with van der Waals surface area (Å²) < 4.78 is 14.2. The summed E-state index contributed by atoms with van der Waals surface area (Å²) in [6, 6.07) is 37.7. The van der Waals surface area contributed by atoms with Crippen molar-refractivity contribution in [2.75, 3.05) is 22.9 Å². The zero-order chi connectivity index (χ0) is 47.5. The van der Waals surface area contributed by atoms with Crippen LogP contribution in [0.2, 0.25) is 0 Å². The Kier molecular flexibility index (Phi) is 10.3. The monoisotopic (exact) mass is 888 g/mol. The van der Waals surface area contributed by atoms with Crippen molar-refractivity contribution in [1.82, 2.24) is 0 Å². The zero-order valence-electron chi connectivity index (χ0n) is 41.5. The Morgan fingerprint density at radius 1 is 0.418 bits per heavy atom. The number of ether oxygens (including phenoxy) is 2. The third kappa shape index (κ3) is 7.57. The molecule has 342 valence electrons. The van der Waals surface area contributed by atoms with Crippen LogP contribution < -0.4 is 19.3 Å². The molecular weight excluding hydrogens is 825 g/mol. The van der Waals surface area contributed by atoms with Crippen molar-refractivity contribution in [3.63, 3.8) is 0 Å². The lowest BCUT2D eigenvalue weighted by atomic mass is 9.79. The molecule has 0 unspecified atom stereocenters. The number of fused-ring (bicyclic) bond motifs is 2. The predicted octanol–water partition coefficient (Wildman–Crippen LogP) is 16.3. The maximum atomic E-state index is 15.7. The molecule has 2 aliphatic rings. The van der Waals surface area contributed by atoms with Gasteiger partial charge in [0.15, 0.2) is 0 Å². The Labute approximate surface area is 396 Å². The predicted molar refractivity (Wildman–Crippen MR) is 279 cm³/mol. The highest BCUT2D eigenvalue weighted by atomic mass is 16.5. The summed E-state index contributed by atoms with van der Waals surface area (Å²) >= 11 is 0. The van der Waals surface area contributed by atoms with Gasteiger partial charge < -0.3 is 14.4 Å². The lowest BCUT2D eigenvalue weighted by molar-refractivity contribution is 0.0892. The maximum Gasteiger partial charge on any atom is 0.266 e. The van der Waals surface area contributed by atoms with E-state index in [0.717, 1.165) is 74.8 Å². The molecule has 10 rings (SSSR count). The van der Waals surface area contributed by atoms with Gasteiger partial charge >= 0.3 is 0 Å². The van der Waals surface area contributed by atoms with E-state index >= 15 is 9.59 Å². The number of imide groups is 1. The third-order valence-electron chi connectivity index (χ3n) is 14.3. The molecule has 8 aromatic rings. The average Bonchev–Trinajstić information content (AvgIpc) is 3.27. The average molecular weight is 889 g/mol. The van der Waals surface area contributed by atoms with Crippen LogP contribution >= 0.6 is 0 Å². The number of amides is 2. The van der Waals surface area contributed by atoms with Gasteiger partial charge in [0.05, 0.1) is 16.8 Å². The van der Waals surface area contributed by atoms with Crippen LogP contribution in [0.1, 0.15) is 145 Å². The third-order valence-corrected chi connectivity index (χ3v) is 14.3. The van der Waals surface area contributed by atoms with Crippen LogP contribution in [-0.4, -0.2) is 24.9 Å². The van der Waals surface area contributed by atoms with E-state index in [1.807, 2.05) is 42.5 Å². The van der Waals surface area contributed by atoms with Crippen molar-refractivity contribution in [3.8, 4) is 23.0 Å². The minimum atomic E-state index is -0.382. The second-order valence-corrected chi connectivity index (χ2v) is 23.2. The Balaban J connectivity index is 1.32. The van der Waals surface area contributed by atoms with E-state index in [9.17, 15) is 0 Å². The first-order chi connectivity index (χ1) is 31.6. The summed E-state index contributed by atoms with van der Waals surface area (Å²) in [5, 5.41) is 7.35. The van der Waals surface area contributed by atoms with Gasteiger partial charge in [-0.2, -0.15) is 0 Å². The Morgan fingerprint density at radius 3 is 1.39 bits per heavy atom. The minimum Gasteiger partial charge on any atom is -0.457 e. The molecular formula is C61H64N2O4. The molecule has 6 nitrogen and oxygen atoms in total. The normalized spacial score (nSPS) is 15.2. The number of carbonyl (C=O) groups is 2. The lowest BCUT2D eigenvalue weighted by Gasteiger charge is -2.34. The van der Waals surface area contributed by atoms with E-state index in [1.54, 1.807) is 0 Å². The molecule has 0 saturated carbocycles. The quantitative estimate of drug-likeness (QED) is 0.0946. The Bertz CT molecular complexity index is 3140. The first-order valence-corrected chi connectivity index (χ1v) is 24.2. The van der Waals surface area contributed by atoms with Gasteiger partial charge in [-0.1, -0.05) is 144 Å². The van der Waals surface area contributed by atoms with Crippen LogP contribution in [0.15, 0.2) is 109 Å². The van der Waals surface area contributed by atoms with E-state index < -0.39 is 0 Å². The van der Waals surface area contributed by atoms with E-state index in [-0.39, 0.29) is 33.5 Å². The molecule has 6 heteroatoms. The van der Waals surface area contributed by atoms with E-state index in [4.69, 9.17) is 9.47 Å². The molecule has 1 saturated heterocycles. The van der Waals surface area contributed by atoms with Gasteiger partial charge in [-0.25, -0.2) is 4.90 Å². The number of benzene rings is 8. The first-order valence-electron chi connectivity index (χ1n) is 24.2. The van der Waals surface area contributed by atoms with Crippen molar-refractivity contribution in [2.45, 2.75) is 124 Å². The molecule has 2 heterocycles. The number of anilines is 2. The van der Waals surface area contributed by atoms with Gasteiger partial charge in [0.25, 0.3) is 11.8 Å². The van der Waals surface area contributed by atoms with Crippen LogP contribution in [0.5, 0.6) is 23.0 Å². The van der Waals surface area contributed by atoms with E-state index in [0.29, 0.717) is 45.2 Å². The second kappa shape index (κ2) is 15.6. The highest BCUT2D eigenvalue weighted by Crippen LogP contribution is 2.54. The fourth-order valence-corrected chi connectivity index (χ4v) is 10.5. The highest BCUT2D eigenvalue weighted by Gasteiger charge is 2.40. The summed E-state index contributed by atoms with van der Waals surface area (Å²) in [6.07, 6.45) is 3.55. The maximum absolute atomic E-state index is 15.7. The molecule has 2 aliphatic heterocycles. The number of piperidine rings is 1. The van der Waals surface area contributed by atoms with E-state index in [1.165, 1.54) is 28.1 Å². The SMILES string of the molecule is CC(C)(C)c1ccc(Oc2cc3c4c(cc(Oc5ccc(C(C)(C)C)cc5)c5c6ccc(N7CCCCC7)c7cccc(c2c45)c76)C(=O)N(c2cc(C(C)(C)C)ccc2C(C)(C)C)C3=O)cc1. The summed E-state index contributed by atoms with van der Waals surface area (Å²) in [5.41, 5.74) is 6.26. The number of carbonyl (C=O) groups excluding carboxylic acids is 2. The molecule has 0 aromatic heterocycles. The molecule has 67 heavy (non-hydrogen) atoms. The van der Waals surface area contributed by atoms with Crippen molar-refractivity contribution < 1.29 is 19.1 Å². The number of hydrogen-bond donors (Lipinski definition) is 0. The van der Waals surface area contributed by atoms with Gasteiger partial charge in [-0.3, -0.25) is 9.59 Å². The zero-order valence-corrected chi connectivity index (χ0v) is 41.5. The van der Waals surface area contributed by atoms with Crippen LogP contribution in [0.25, 0.3) is 43.1 Å². The fourth-order valence-electron chi connectivity index (χ4n) is 10.5. The molecule has 0 bridgehead atoms. The van der Waals surface area contributed by atoms with Crippen molar-refractivity contribution in [1.29, 1.82) is 0 Å². The largest absolute Gasteiger partial charge is 0.457 e. The Morgan fingerprint density at radius 2 is 0.896 bits per heavy atom. The van der Waals surface area contributed by atoms with Gasteiger partial charge in [-0.15, -0.1) is 0 Å². The smallest absolute Gasteiger partial charge is 0.266 e. The Hall–Kier alpha value is -6.40. The summed E-state index contributed by atoms with van der Waals surface area (Å²) in [6.45, 7) is 28.1. The van der Waals surface area contributed by atoms with Gasteiger partial charge in [0, 0.05) is 45.7 Å². The molecule has 2 amide bonds. The lowest BCUT2D eigenvalue weighted by Crippen LogP contribution is -2.42. The van der Waals surface area contributed by atoms with Gasteiger partial charge in [0.2, 0.25) is 0 Å². The minimum absolute atomic E-state index is 0.0452. The molecule has 0 aliphatic carbocycles.